The molecule has 1 unspecified atom stereocenters. The summed E-state index contributed by atoms with van der Waals surface area (Å²) in [6.07, 6.45) is 0. The van der Waals surface area contributed by atoms with Gasteiger partial charge >= 0.3 is 0 Å². The molecule has 0 radical (unpaired) electrons. The van der Waals surface area contributed by atoms with Crippen LogP contribution in [-0.4, -0.2) is 15.2 Å². The first-order chi connectivity index (χ1) is 9.74. The van der Waals surface area contributed by atoms with Crippen LogP contribution in [0.25, 0.3) is 10.7 Å². The average Bonchev–Trinajstić information content (AvgIpc) is 2.97. The predicted molar refractivity (Wildman–Crippen MR) is 80.3 cm³/mol. The molecular weight excluding hydrogens is 268 g/mol. The molecule has 100 valence electrons. The molecule has 0 saturated carbocycles. The highest BCUT2D eigenvalue weighted by Gasteiger charge is 2.15. The lowest BCUT2D eigenvalue weighted by atomic mass is 10.1. The van der Waals surface area contributed by atoms with Gasteiger partial charge in [0.2, 0.25) is 0 Å². The number of aryl methyl sites for hydroxylation is 1. The Morgan fingerprint density at radius 3 is 2.55 bits per heavy atom. The Kier molecular flexibility index (Phi) is 3.54. The fraction of sp³-hybridized carbons (Fsp3) is 0.133. The van der Waals surface area contributed by atoms with Gasteiger partial charge in [-0.2, -0.15) is 0 Å². The molecule has 20 heavy (non-hydrogen) atoms. The smallest absolute Gasteiger partial charge is 0.166 e. The van der Waals surface area contributed by atoms with Gasteiger partial charge in [0.1, 0.15) is 10.7 Å². The maximum atomic E-state index is 6.23. The first-order valence-corrected chi connectivity index (χ1v) is 7.13. The number of pyridine rings is 1. The molecule has 0 aliphatic heterocycles. The number of hydrogen-bond donors (Lipinski definition) is 1. The van der Waals surface area contributed by atoms with Crippen LogP contribution in [0.1, 0.15) is 22.3 Å². The lowest BCUT2D eigenvalue weighted by Crippen LogP contribution is -2.11. The van der Waals surface area contributed by atoms with E-state index >= 15 is 0 Å². The minimum Gasteiger partial charge on any atom is -0.318 e. The summed E-state index contributed by atoms with van der Waals surface area (Å²) in [4.78, 5) is 4.46. The first kappa shape index (κ1) is 12.9. The van der Waals surface area contributed by atoms with Gasteiger partial charge in [-0.1, -0.05) is 47.7 Å². The van der Waals surface area contributed by atoms with E-state index in [1.165, 1.54) is 11.3 Å². The number of aromatic nitrogens is 3. The zero-order valence-corrected chi connectivity index (χ0v) is 11.8. The molecule has 2 N–H and O–H groups in total. The average molecular weight is 282 g/mol. The highest BCUT2D eigenvalue weighted by Crippen LogP contribution is 2.27. The van der Waals surface area contributed by atoms with Gasteiger partial charge in [-0.3, -0.25) is 4.98 Å². The molecule has 1 aromatic carbocycles. The molecule has 2 heterocycles. The molecule has 0 spiro atoms. The zero-order chi connectivity index (χ0) is 13.9. The van der Waals surface area contributed by atoms with Crippen molar-refractivity contribution in [1.29, 1.82) is 0 Å². The number of hydrogen-bond acceptors (Lipinski definition) is 5. The molecule has 4 nitrogen and oxygen atoms in total. The van der Waals surface area contributed by atoms with Crippen molar-refractivity contribution in [3.63, 3.8) is 0 Å². The lowest BCUT2D eigenvalue weighted by molar-refractivity contribution is 0.830. The highest BCUT2D eigenvalue weighted by molar-refractivity contribution is 7.14. The van der Waals surface area contributed by atoms with E-state index < -0.39 is 0 Å². The Balaban J connectivity index is 1.91. The molecule has 1 atom stereocenters. The molecule has 3 aromatic rings. The predicted octanol–water partition coefficient (Wildman–Crippen LogP) is 2.96. The molecule has 5 heteroatoms. The molecule has 0 bridgehead atoms. The summed E-state index contributed by atoms with van der Waals surface area (Å²) in [6, 6.07) is 15.5. The fourth-order valence-corrected chi connectivity index (χ4v) is 2.77. The van der Waals surface area contributed by atoms with Gasteiger partial charge in [0.15, 0.2) is 5.01 Å². The van der Waals surface area contributed by atoms with Crippen LogP contribution in [0, 0.1) is 6.92 Å². The van der Waals surface area contributed by atoms with E-state index in [0.29, 0.717) is 0 Å². The largest absolute Gasteiger partial charge is 0.318 e. The molecule has 0 aliphatic carbocycles. The first-order valence-electron chi connectivity index (χ1n) is 6.32. The lowest BCUT2D eigenvalue weighted by Gasteiger charge is -2.06. The topological polar surface area (TPSA) is 64.7 Å². The standard InChI is InChI=1S/C15H14N4S/c1-10-6-5-9-12(17-10)14-18-19-15(20-14)13(16)11-7-3-2-4-8-11/h2-9,13H,16H2,1H3. The Morgan fingerprint density at radius 1 is 1.00 bits per heavy atom. The number of benzene rings is 1. The minimum atomic E-state index is -0.243. The van der Waals surface area contributed by atoms with E-state index in [4.69, 9.17) is 5.73 Å². The van der Waals surface area contributed by atoms with Crippen molar-refractivity contribution < 1.29 is 0 Å². The molecule has 0 fully saturated rings. The Bertz CT molecular complexity index is 709. The SMILES string of the molecule is Cc1cccc(-c2nnc(C(N)c3ccccc3)s2)n1. The third kappa shape index (κ3) is 2.59. The number of rotatable bonds is 3. The maximum Gasteiger partial charge on any atom is 0.166 e. The van der Waals surface area contributed by atoms with Gasteiger partial charge in [-0.25, -0.2) is 0 Å². The Hall–Kier alpha value is -2.11. The van der Waals surface area contributed by atoms with Crippen molar-refractivity contribution in [3.8, 4) is 10.7 Å². The number of nitrogens with zero attached hydrogens (tertiary/aromatic N) is 3. The molecular formula is C15H14N4S. The van der Waals surface area contributed by atoms with E-state index in [9.17, 15) is 0 Å². The third-order valence-electron chi connectivity index (χ3n) is 2.97. The van der Waals surface area contributed by atoms with Crippen LogP contribution in [0.5, 0.6) is 0 Å². The summed E-state index contributed by atoms with van der Waals surface area (Å²) >= 11 is 1.49. The van der Waals surface area contributed by atoms with Crippen molar-refractivity contribution >= 4 is 11.3 Å². The Labute approximate surface area is 121 Å². The second-order valence-electron chi connectivity index (χ2n) is 4.50. The van der Waals surface area contributed by atoms with Crippen LogP contribution >= 0.6 is 11.3 Å². The van der Waals surface area contributed by atoms with Crippen molar-refractivity contribution in [2.75, 3.05) is 0 Å². The summed E-state index contributed by atoms with van der Waals surface area (Å²) in [5, 5.41) is 10.0. The van der Waals surface area contributed by atoms with Crippen molar-refractivity contribution in [2.45, 2.75) is 13.0 Å². The second kappa shape index (κ2) is 5.48. The number of nitrogens with two attached hydrogens (primary N) is 1. The van der Waals surface area contributed by atoms with Gasteiger partial charge in [-0.05, 0) is 24.6 Å². The monoisotopic (exact) mass is 282 g/mol. The van der Waals surface area contributed by atoms with E-state index in [1.54, 1.807) is 0 Å². The van der Waals surface area contributed by atoms with Crippen LogP contribution < -0.4 is 5.73 Å². The minimum absolute atomic E-state index is 0.243. The highest BCUT2D eigenvalue weighted by atomic mass is 32.1. The van der Waals surface area contributed by atoms with Crippen molar-refractivity contribution in [2.24, 2.45) is 5.73 Å². The summed E-state index contributed by atoms with van der Waals surface area (Å²) in [7, 11) is 0. The van der Waals surface area contributed by atoms with Crippen LogP contribution in [-0.2, 0) is 0 Å². The van der Waals surface area contributed by atoms with Crippen LogP contribution in [0.3, 0.4) is 0 Å². The van der Waals surface area contributed by atoms with Gasteiger partial charge < -0.3 is 5.73 Å². The fourth-order valence-electron chi connectivity index (χ4n) is 1.93. The quantitative estimate of drug-likeness (QED) is 0.802. The van der Waals surface area contributed by atoms with E-state index in [-0.39, 0.29) is 6.04 Å². The van der Waals surface area contributed by atoms with E-state index in [2.05, 4.69) is 15.2 Å². The van der Waals surface area contributed by atoms with Gasteiger partial charge in [-0.15, -0.1) is 10.2 Å². The molecule has 2 aromatic heterocycles. The summed E-state index contributed by atoms with van der Waals surface area (Å²) in [5.41, 5.74) is 9.07. The Morgan fingerprint density at radius 2 is 1.80 bits per heavy atom. The van der Waals surface area contributed by atoms with Crippen LogP contribution in [0.2, 0.25) is 0 Å². The van der Waals surface area contributed by atoms with Gasteiger partial charge in [0, 0.05) is 5.69 Å². The van der Waals surface area contributed by atoms with E-state index in [1.807, 2.05) is 55.5 Å². The maximum absolute atomic E-state index is 6.23. The summed E-state index contributed by atoms with van der Waals surface area (Å²) in [6.45, 7) is 1.96. The normalized spacial score (nSPS) is 12.3. The second-order valence-corrected chi connectivity index (χ2v) is 5.51. The van der Waals surface area contributed by atoms with E-state index in [0.717, 1.165) is 27.0 Å². The third-order valence-corrected chi connectivity index (χ3v) is 4.00. The molecule has 0 saturated heterocycles. The molecule has 0 amide bonds. The van der Waals surface area contributed by atoms with Crippen LogP contribution in [0.4, 0.5) is 0 Å². The van der Waals surface area contributed by atoms with Gasteiger partial charge in [0.25, 0.3) is 0 Å². The summed E-state index contributed by atoms with van der Waals surface area (Å²) in [5.74, 6) is 0. The van der Waals surface area contributed by atoms with Crippen molar-refractivity contribution in [3.05, 3.63) is 64.8 Å². The molecule has 3 rings (SSSR count). The zero-order valence-electron chi connectivity index (χ0n) is 11.0. The summed E-state index contributed by atoms with van der Waals surface area (Å²) < 4.78 is 0. The van der Waals surface area contributed by atoms with Gasteiger partial charge in [0.05, 0.1) is 6.04 Å². The molecule has 0 aliphatic rings. The van der Waals surface area contributed by atoms with Crippen molar-refractivity contribution in [1.82, 2.24) is 15.2 Å². The van der Waals surface area contributed by atoms with Crippen LogP contribution in [0.15, 0.2) is 48.5 Å².